The Morgan fingerprint density at radius 3 is 2.70 bits per heavy atom. The molecule has 0 aromatic carbocycles. The highest BCUT2D eigenvalue weighted by atomic mass is 32.1. The van der Waals surface area contributed by atoms with Crippen molar-refractivity contribution in [2.24, 2.45) is 5.92 Å². The van der Waals surface area contributed by atoms with Gasteiger partial charge >= 0.3 is 0 Å². The Balaban J connectivity index is 2.48. The van der Waals surface area contributed by atoms with Gasteiger partial charge in [-0.2, -0.15) is 4.98 Å². The van der Waals surface area contributed by atoms with Gasteiger partial charge in [0.25, 0.3) is 0 Å². The first-order valence-corrected chi connectivity index (χ1v) is 8.11. The number of aryl methyl sites for hydroxylation is 1. The highest BCUT2D eigenvalue weighted by Crippen LogP contribution is 2.32. The predicted molar refractivity (Wildman–Crippen MR) is 89.0 cm³/mol. The molecule has 2 rings (SSSR count). The SMILES string of the molecule is CCC(C)CN(CC)c1nc(NC)nc2sc(C)cc12. The second-order valence-electron chi connectivity index (χ2n) is 5.25. The fourth-order valence-corrected chi connectivity index (χ4v) is 3.12. The Morgan fingerprint density at radius 2 is 2.10 bits per heavy atom. The molecule has 2 aromatic heterocycles. The van der Waals surface area contributed by atoms with Crippen LogP contribution in [0.5, 0.6) is 0 Å². The largest absolute Gasteiger partial charge is 0.357 e. The van der Waals surface area contributed by atoms with Gasteiger partial charge in [-0.25, -0.2) is 4.98 Å². The van der Waals surface area contributed by atoms with Gasteiger partial charge in [-0.05, 0) is 25.8 Å². The number of hydrogen-bond acceptors (Lipinski definition) is 5. The molecule has 5 heteroatoms. The van der Waals surface area contributed by atoms with Crippen LogP contribution in [0, 0.1) is 12.8 Å². The average Bonchev–Trinajstić information content (AvgIpc) is 2.83. The minimum Gasteiger partial charge on any atom is -0.357 e. The van der Waals surface area contributed by atoms with Gasteiger partial charge in [-0.1, -0.05) is 20.3 Å². The van der Waals surface area contributed by atoms with Crippen LogP contribution >= 0.6 is 11.3 Å². The van der Waals surface area contributed by atoms with Crippen LogP contribution in [0.15, 0.2) is 6.07 Å². The van der Waals surface area contributed by atoms with E-state index in [1.54, 1.807) is 11.3 Å². The third-order valence-corrected chi connectivity index (χ3v) is 4.57. The maximum Gasteiger partial charge on any atom is 0.225 e. The van der Waals surface area contributed by atoms with Gasteiger partial charge < -0.3 is 10.2 Å². The van der Waals surface area contributed by atoms with Crippen molar-refractivity contribution in [3.8, 4) is 0 Å². The van der Waals surface area contributed by atoms with Gasteiger partial charge in [0.2, 0.25) is 5.95 Å². The first kappa shape index (κ1) is 15.0. The maximum atomic E-state index is 4.70. The van der Waals surface area contributed by atoms with Crippen LogP contribution in [0.2, 0.25) is 0 Å². The molecule has 0 fully saturated rings. The molecule has 1 N–H and O–H groups in total. The summed E-state index contributed by atoms with van der Waals surface area (Å²) in [5.41, 5.74) is 0. The smallest absolute Gasteiger partial charge is 0.225 e. The number of nitrogens with zero attached hydrogens (tertiary/aromatic N) is 3. The summed E-state index contributed by atoms with van der Waals surface area (Å²) in [6.07, 6.45) is 1.19. The van der Waals surface area contributed by atoms with Crippen molar-refractivity contribution in [2.75, 3.05) is 30.4 Å². The molecule has 0 bridgehead atoms. The maximum absolute atomic E-state index is 4.70. The number of nitrogens with one attached hydrogen (secondary N) is 1. The number of aromatic nitrogens is 2. The van der Waals surface area contributed by atoms with Gasteiger partial charge in [-0.15, -0.1) is 11.3 Å². The lowest BCUT2D eigenvalue weighted by molar-refractivity contribution is 0.546. The van der Waals surface area contributed by atoms with Crippen LogP contribution < -0.4 is 10.2 Å². The Morgan fingerprint density at radius 1 is 1.35 bits per heavy atom. The van der Waals surface area contributed by atoms with Crippen LogP contribution in [-0.2, 0) is 0 Å². The Hall–Kier alpha value is -1.36. The summed E-state index contributed by atoms with van der Waals surface area (Å²) < 4.78 is 0. The molecule has 2 heterocycles. The fourth-order valence-electron chi connectivity index (χ4n) is 2.25. The topological polar surface area (TPSA) is 41.1 Å². The molecule has 0 aliphatic rings. The molecular weight excluding hydrogens is 268 g/mol. The van der Waals surface area contributed by atoms with Gasteiger partial charge in [0.05, 0.1) is 5.39 Å². The normalized spacial score (nSPS) is 12.7. The van der Waals surface area contributed by atoms with E-state index >= 15 is 0 Å². The van der Waals surface area contributed by atoms with E-state index in [0.717, 1.165) is 23.7 Å². The van der Waals surface area contributed by atoms with Gasteiger partial charge in [0, 0.05) is 25.0 Å². The summed E-state index contributed by atoms with van der Waals surface area (Å²) in [6.45, 7) is 10.8. The van der Waals surface area contributed by atoms with Gasteiger partial charge in [-0.3, -0.25) is 0 Å². The minimum absolute atomic E-state index is 0.665. The average molecular weight is 292 g/mol. The van der Waals surface area contributed by atoms with E-state index in [0.29, 0.717) is 11.9 Å². The van der Waals surface area contributed by atoms with Crippen molar-refractivity contribution in [1.82, 2.24) is 9.97 Å². The highest BCUT2D eigenvalue weighted by Gasteiger charge is 2.16. The number of fused-ring (bicyclic) bond motifs is 1. The molecule has 0 aliphatic heterocycles. The lowest BCUT2D eigenvalue weighted by Crippen LogP contribution is -2.29. The molecule has 2 aromatic rings. The molecule has 0 spiro atoms. The van der Waals surface area contributed by atoms with Crippen molar-refractivity contribution < 1.29 is 0 Å². The van der Waals surface area contributed by atoms with Crippen LogP contribution in [0.1, 0.15) is 32.1 Å². The molecule has 0 amide bonds. The molecule has 1 unspecified atom stereocenters. The van der Waals surface area contributed by atoms with E-state index in [9.17, 15) is 0 Å². The van der Waals surface area contributed by atoms with Gasteiger partial charge in [0.1, 0.15) is 10.6 Å². The van der Waals surface area contributed by atoms with Crippen LogP contribution in [0.25, 0.3) is 10.2 Å². The second kappa shape index (κ2) is 6.39. The fraction of sp³-hybridized carbons (Fsp3) is 0.600. The van der Waals surface area contributed by atoms with E-state index in [1.165, 1.54) is 16.7 Å². The molecule has 1 atom stereocenters. The molecule has 0 saturated heterocycles. The minimum atomic E-state index is 0.665. The second-order valence-corrected chi connectivity index (χ2v) is 6.48. The quantitative estimate of drug-likeness (QED) is 0.876. The zero-order valence-electron chi connectivity index (χ0n) is 13.0. The van der Waals surface area contributed by atoms with E-state index in [4.69, 9.17) is 4.98 Å². The standard InChI is InChI=1S/C15H24N4S/c1-6-10(3)9-19(7-2)13-12-8-11(4)20-14(12)18-15(16-5)17-13/h8,10H,6-7,9H2,1-5H3,(H,16,17,18). The summed E-state index contributed by atoms with van der Waals surface area (Å²) >= 11 is 1.73. The monoisotopic (exact) mass is 292 g/mol. The zero-order valence-corrected chi connectivity index (χ0v) is 13.8. The Bertz CT molecular complexity index is 579. The third kappa shape index (κ3) is 3.03. The first-order chi connectivity index (χ1) is 9.58. The van der Waals surface area contributed by atoms with Crippen LogP contribution in [0.3, 0.4) is 0 Å². The number of rotatable bonds is 6. The molecule has 0 saturated carbocycles. The molecule has 20 heavy (non-hydrogen) atoms. The number of thiophene rings is 1. The summed E-state index contributed by atoms with van der Waals surface area (Å²) in [5, 5.41) is 4.25. The van der Waals surface area contributed by atoms with Gasteiger partial charge in [0.15, 0.2) is 0 Å². The van der Waals surface area contributed by atoms with Crippen LogP contribution in [-0.4, -0.2) is 30.1 Å². The van der Waals surface area contributed by atoms with Crippen molar-refractivity contribution in [2.45, 2.75) is 34.1 Å². The molecule has 0 radical (unpaired) electrons. The van der Waals surface area contributed by atoms with E-state index in [2.05, 4.69) is 49.0 Å². The van der Waals surface area contributed by atoms with E-state index < -0.39 is 0 Å². The summed E-state index contributed by atoms with van der Waals surface area (Å²) in [7, 11) is 1.87. The lowest BCUT2D eigenvalue weighted by atomic mass is 10.1. The van der Waals surface area contributed by atoms with Crippen molar-refractivity contribution in [3.63, 3.8) is 0 Å². The predicted octanol–water partition coefficient (Wildman–Crippen LogP) is 3.91. The van der Waals surface area contributed by atoms with E-state index in [-0.39, 0.29) is 0 Å². The number of hydrogen-bond donors (Lipinski definition) is 1. The molecule has 110 valence electrons. The number of anilines is 2. The molecule has 4 nitrogen and oxygen atoms in total. The van der Waals surface area contributed by atoms with E-state index in [1.807, 2.05) is 7.05 Å². The molecular formula is C15H24N4S. The first-order valence-electron chi connectivity index (χ1n) is 7.29. The summed E-state index contributed by atoms with van der Waals surface area (Å²) in [4.78, 5) is 14.0. The third-order valence-electron chi connectivity index (χ3n) is 3.63. The van der Waals surface area contributed by atoms with Crippen molar-refractivity contribution >= 4 is 33.3 Å². The highest BCUT2D eigenvalue weighted by molar-refractivity contribution is 7.18. The Labute approximate surface area is 125 Å². The van der Waals surface area contributed by atoms with Crippen molar-refractivity contribution in [1.29, 1.82) is 0 Å². The molecule has 0 aliphatic carbocycles. The summed E-state index contributed by atoms with van der Waals surface area (Å²) in [5.74, 6) is 2.43. The van der Waals surface area contributed by atoms with Crippen molar-refractivity contribution in [3.05, 3.63) is 10.9 Å². The van der Waals surface area contributed by atoms with Crippen LogP contribution in [0.4, 0.5) is 11.8 Å². The zero-order chi connectivity index (χ0) is 14.7. The Kier molecular flexibility index (Phi) is 4.81. The lowest BCUT2D eigenvalue weighted by Gasteiger charge is -2.26. The summed E-state index contributed by atoms with van der Waals surface area (Å²) in [6, 6.07) is 2.20.